The third-order valence-electron chi connectivity index (χ3n) is 6.74. The van der Waals surface area contributed by atoms with Crippen LogP contribution < -0.4 is 10.6 Å². The maximum Gasteiger partial charge on any atom is 0.337 e. The Bertz CT molecular complexity index is 1490. The van der Waals surface area contributed by atoms with E-state index in [1.807, 2.05) is 89.3 Å². The number of amides is 1. The fourth-order valence-electron chi connectivity index (χ4n) is 4.82. The number of hydrogen-bond donors (Lipinski definition) is 2. The molecule has 1 amide bonds. The maximum atomic E-state index is 12.9. The van der Waals surface area contributed by atoms with E-state index in [4.69, 9.17) is 17.0 Å². The number of carbonyl (C=O) groups is 2. The predicted molar refractivity (Wildman–Crippen MR) is 154 cm³/mol. The number of carbonyl (C=O) groups excluding carboxylic acids is 2. The van der Waals surface area contributed by atoms with Crippen molar-refractivity contribution >= 4 is 34.9 Å². The van der Waals surface area contributed by atoms with Crippen LogP contribution in [0.1, 0.15) is 45.8 Å². The molecule has 5 rings (SSSR count). The third-order valence-corrected chi connectivity index (χ3v) is 7.09. The molecule has 2 N–H and O–H groups in total. The van der Waals surface area contributed by atoms with Crippen LogP contribution in [0.25, 0.3) is 5.69 Å². The minimum Gasteiger partial charge on any atom is -0.465 e. The summed E-state index contributed by atoms with van der Waals surface area (Å²) in [5.74, 6) is -0.496. The first-order valence-corrected chi connectivity index (χ1v) is 13.1. The molecule has 0 saturated carbocycles. The Morgan fingerprint density at radius 1 is 1.05 bits per heavy atom. The molecular weight excluding hydrogens is 510 g/mol. The molecule has 2 atom stereocenters. The topological polar surface area (TPSA) is 88.5 Å². The zero-order valence-electron chi connectivity index (χ0n) is 21.7. The highest BCUT2D eigenvalue weighted by Gasteiger charge is 2.41. The number of nitrogens with one attached hydrogen (secondary N) is 2. The van der Waals surface area contributed by atoms with Crippen LogP contribution in [-0.2, 0) is 9.53 Å². The predicted octanol–water partition coefficient (Wildman–Crippen LogP) is 4.97. The van der Waals surface area contributed by atoms with E-state index in [-0.39, 0.29) is 24.4 Å². The lowest BCUT2D eigenvalue weighted by atomic mass is 10.0. The van der Waals surface area contributed by atoms with Gasteiger partial charge in [-0.25, -0.2) is 4.79 Å². The van der Waals surface area contributed by atoms with Gasteiger partial charge in [0.05, 0.1) is 30.5 Å². The van der Waals surface area contributed by atoms with E-state index in [1.54, 1.807) is 18.3 Å². The Morgan fingerprint density at radius 2 is 1.87 bits per heavy atom. The molecule has 0 bridgehead atoms. The molecule has 198 valence electrons. The molecule has 3 heterocycles. The van der Waals surface area contributed by atoms with Crippen LogP contribution in [0.5, 0.6) is 0 Å². The number of aryl methyl sites for hydroxylation is 1. The molecule has 1 aliphatic heterocycles. The van der Waals surface area contributed by atoms with Crippen molar-refractivity contribution < 1.29 is 14.3 Å². The summed E-state index contributed by atoms with van der Waals surface area (Å²) in [6.07, 6.45) is 3.96. The summed E-state index contributed by atoms with van der Waals surface area (Å²) in [5, 5.41) is 6.95. The molecule has 2 aromatic heterocycles. The van der Waals surface area contributed by atoms with Crippen LogP contribution in [0.15, 0.2) is 91.3 Å². The number of methoxy groups -OCH3 is 1. The molecule has 1 aliphatic rings. The Labute approximate surface area is 232 Å². The highest BCUT2D eigenvalue weighted by Crippen LogP contribution is 2.39. The molecule has 39 heavy (non-hydrogen) atoms. The van der Waals surface area contributed by atoms with Gasteiger partial charge in [0.15, 0.2) is 5.11 Å². The monoisotopic (exact) mass is 539 g/mol. The number of ether oxygens (including phenoxy) is 1. The van der Waals surface area contributed by atoms with Crippen LogP contribution >= 0.6 is 12.2 Å². The second-order valence-electron chi connectivity index (χ2n) is 9.33. The molecule has 0 spiro atoms. The number of nitrogens with zero attached hydrogens (tertiary/aromatic N) is 3. The Hall–Kier alpha value is -4.50. The first-order chi connectivity index (χ1) is 18.9. The highest BCUT2D eigenvalue weighted by molar-refractivity contribution is 7.80. The number of pyridine rings is 1. The smallest absolute Gasteiger partial charge is 0.337 e. The second kappa shape index (κ2) is 11.5. The first-order valence-electron chi connectivity index (χ1n) is 12.6. The molecule has 0 radical (unpaired) electrons. The first kappa shape index (κ1) is 26.1. The largest absolute Gasteiger partial charge is 0.465 e. The van der Waals surface area contributed by atoms with Gasteiger partial charge >= 0.3 is 5.97 Å². The summed E-state index contributed by atoms with van der Waals surface area (Å²) < 4.78 is 6.95. The fourth-order valence-corrected chi connectivity index (χ4v) is 5.15. The van der Waals surface area contributed by atoms with Crippen molar-refractivity contribution in [1.82, 2.24) is 19.8 Å². The van der Waals surface area contributed by atoms with Crippen LogP contribution in [0.4, 0.5) is 5.69 Å². The molecule has 9 heteroatoms. The van der Waals surface area contributed by atoms with Crippen LogP contribution in [-0.4, -0.2) is 45.1 Å². The molecule has 2 unspecified atom stereocenters. The van der Waals surface area contributed by atoms with Crippen molar-refractivity contribution in [2.75, 3.05) is 19.0 Å². The van der Waals surface area contributed by atoms with E-state index in [9.17, 15) is 9.59 Å². The molecule has 1 saturated heterocycles. The normalized spacial score (nSPS) is 16.6. The van der Waals surface area contributed by atoms with Crippen molar-refractivity contribution in [2.24, 2.45) is 0 Å². The third kappa shape index (κ3) is 5.68. The number of anilines is 1. The summed E-state index contributed by atoms with van der Waals surface area (Å²) in [4.78, 5) is 31.7. The van der Waals surface area contributed by atoms with Gasteiger partial charge in [0.2, 0.25) is 5.91 Å². The average Bonchev–Trinajstić information content (AvgIpc) is 3.57. The summed E-state index contributed by atoms with van der Waals surface area (Å²) in [6, 6.07) is 24.3. The van der Waals surface area contributed by atoms with Crippen molar-refractivity contribution in [3.05, 3.63) is 114 Å². The van der Waals surface area contributed by atoms with Crippen LogP contribution in [0.2, 0.25) is 0 Å². The van der Waals surface area contributed by atoms with Gasteiger partial charge in [-0.1, -0.05) is 29.8 Å². The van der Waals surface area contributed by atoms with Crippen LogP contribution in [0, 0.1) is 6.92 Å². The second-order valence-corrected chi connectivity index (χ2v) is 9.72. The average molecular weight is 540 g/mol. The van der Waals surface area contributed by atoms with Gasteiger partial charge in [-0.15, -0.1) is 0 Å². The number of benzene rings is 2. The van der Waals surface area contributed by atoms with Crippen molar-refractivity contribution in [2.45, 2.75) is 25.4 Å². The summed E-state index contributed by atoms with van der Waals surface area (Å²) >= 11 is 5.78. The van der Waals surface area contributed by atoms with Gasteiger partial charge in [-0.05, 0) is 73.7 Å². The van der Waals surface area contributed by atoms with E-state index < -0.39 is 5.97 Å². The summed E-state index contributed by atoms with van der Waals surface area (Å²) in [6.45, 7) is 2.41. The quantitative estimate of drug-likeness (QED) is 0.241. The number of thiocarbonyl (C=S) groups is 1. The summed E-state index contributed by atoms with van der Waals surface area (Å²) in [5.41, 5.74) is 4.94. The Kier molecular flexibility index (Phi) is 7.69. The molecular formula is C30H29N5O3S. The number of rotatable bonds is 8. The number of aromatic nitrogens is 2. The molecule has 1 fully saturated rings. The van der Waals surface area contributed by atoms with E-state index in [0.29, 0.717) is 17.2 Å². The number of esters is 1. The zero-order chi connectivity index (χ0) is 27.4. The van der Waals surface area contributed by atoms with Gasteiger partial charge in [-0.2, -0.15) is 0 Å². The van der Waals surface area contributed by atoms with Gasteiger partial charge in [0.1, 0.15) is 0 Å². The van der Waals surface area contributed by atoms with Crippen molar-refractivity contribution in [1.29, 1.82) is 0 Å². The van der Waals surface area contributed by atoms with E-state index in [0.717, 1.165) is 28.3 Å². The number of hydrogen-bond acceptors (Lipinski definition) is 5. The fraction of sp³-hybridized carbons (Fsp3) is 0.200. The standard InChI is InChI=1S/C30H29N5O3S/c1-20-11-13-22(14-12-20)32-26(36)15-18-35-28(27(33-30(35)39)24-9-3-4-16-31-24)25-10-6-17-34(25)23-8-5-7-21(19-23)29(37)38-2/h3-14,16-17,19,27-28H,15,18H2,1-2H3,(H,32,36)(H,33,39). The molecule has 0 aliphatic carbocycles. The van der Waals surface area contributed by atoms with Gasteiger partial charge in [-0.3, -0.25) is 9.78 Å². The lowest BCUT2D eigenvalue weighted by Crippen LogP contribution is -2.33. The molecule has 4 aromatic rings. The van der Waals surface area contributed by atoms with Gasteiger partial charge in [0, 0.05) is 42.4 Å². The molecule has 8 nitrogen and oxygen atoms in total. The van der Waals surface area contributed by atoms with E-state index in [1.165, 1.54) is 7.11 Å². The highest BCUT2D eigenvalue weighted by atomic mass is 32.1. The Morgan fingerprint density at radius 3 is 2.62 bits per heavy atom. The Balaban J connectivity index is 1.45. The van der Waals surface area contributed by atoms with Gasteiger partial charge < -0.3 is 24.8 Å². The minimum absolute atomic E-state index is 0.0946. The lowest BCUT2D eigenvalue weighted by molar-refractivity contribution is -0.116. The van der Waals surface area contributed by atoms with Gasteiger partial charge in [0.25, 0.3) is 0 Å². The van der Waals surface area contributed by atoms with E-state index >= 15 is 0 Å². The SMILES string of the molecule is COC(=O)c1cccc(-n2cccc2C2C(c3ccccn3)NC(=S)N2CCC(=O)Nc2ccc(C)cc2)c1. The summed E-state index contributed by atoms with van der Waals surface area (Å²) in [7, 11) is 1.37. The maximum absolute atomic E-state index is 12.9. The lowest BCUT2D eigenvalue weighted by Gasteiger charge is -2.29. The van der Waals surface area contributed by atoms with Crippen molar-refractivity contribution in [3.63, 3.8) is 0 Å². The van der Waals surface area contributed by atoms with Crippen molar-refractivity contribution in [3.8, 4) is 5.69 Å². The molecule has 2 aromatic carbocycles. The van der Waals surface area contributed by atoms with Crippen LogP contribution in [0.3, 0.4) is 0 Å². The zero-order valence-corrected chi connectivity index (χ0v) is 22.5. The van der Waals surface area contributed by atoms with E-state index in [2.05, 4.69) is 15.6 Å². The minimum atomic E-state index is -0.401.